The number of carbonyl (C=O) groups excluding carboxylic acids is 1. The minimum atomic E-state index is -0.760. The molecule has 1 heterocycles. The molecule has 0 aliphatic heterocycles. The van der Waals surface area contributed by atoms with Crippen LogP contribution in [-0.2, 0) is 4.79 Å². The number of ether oxygens (including phenoxy) is 1. The van der Waals surface area contributed by atoms with Crippen LogP contribution in [-0.4, -0.2) is 28.2 Å². The molecule has 0 saturated carbocycles. The topological polar surface area (TPSA) is 71.5 Å². The highest BCUT2D eigenvalue weighted by Gasteiger charge is 2.13. The first-order chi connectivity index (χ1) is 8.78. The van der Waals surface area contributed by atoms with Crippen molar-refractivity contribution in [3.05, 3.63) is 18.2 Å². The van der Waals surface area contributed by atoms with Gasteiger partial charge in [0, 0.05) is 18.4 Å². The SMILES string of the molecule is CC(C)C(=O)Nc1cccc(OCCC(C)(C)O)n1. The van der Waals surface area contributed by atoms with E-state index in [9.17, 15) is 9.90 Å². The van der Waals surface area contributed by atoms with Crippen molar-refractivity contribution in [3.8, 4) is 5.88 Å². The zero-order valence-electron chi connectivity index (χ0n) is 11.9. The van der Waals surface area contributed by atoms with Gasteiger partial charge in [0.1, 0.15) is 5.82 Å². The fourth-order valence-corrected chi connectivity index (χ4v) is 1.24. The Balaban J connectivity index is 2.55. The van der Waals surface area contributed by atoms with Crippen molar-refractivity contribution in [1.29, 1.82) is 0 Å². The van der Waals surface area contributed by atoms with Gasteiger partial charge < -0.3 is 15.2 Å². The summed E-state index contributed by atoms with van der Waals surface area (Å²) in [6, 6.07) is 5.20. The fraction of sp³-hybridized carbons (Fsp3) is 0.571. The van der Waals surface area contributed by atoms with Gasteiger partial charge in [-0.1, -0.05) is 19.9 Å². The maximum absolute atomic E-state index is 11.5. The molecule has 1 amide bonds. The van der Waals surface area contributed by atoms with Crippen LogP contribution in [0.1, 0.15) is 34.1 Å². The van der Waals surface area contributed by atoms with Crippen LogP contribution in [0.3, 0.4) is 0 Å². The van der Waals surface area contributed by atoms with E-state index in [-0.39, 0.29) is 11.8 Å². The Bertz CT molecular complexity index is 425. The second kappa shape index (κ2) is 6.52. The number of aliphatic hydroxyl groups is 1. The third-order valence-electron chi connectivity index (χ3n) is 2.46. The molecule has 1 aromatic heterocycles. The van der Waals surface area contributed by atoms with Crippen LogP contribution >= 0.6 is 0 Å². The van der Waals surface area contributed by atoms with Crippen LogP contribution in [0.5, 0.6) is 5.88 Å². The summed E-state index contributed by atoms with van der Waals surface area (Å²) < 4.78 is 5.44. The summed E-state index contributed by atoms with van der Waals surface area (Å²) in [4.78, 5) is 15.7. The molecule has 5 heteroatoms. The zero-order valence-corrected chi connectivity index (χ0v) is 11.9. The Morgan fingerprint density at radius 3 is 2.74 bits per heavy atom. The van der Waals surface area contributed by atoms with Crippen LogP contribution in [0.25, 0.3) is 0 Å². The highest BCUT2D eigenvalue weighted by Crippen LogP contribution is 2.14. The molecule has 0 saturated heterocycles. The van der Waals surface area contributed by atoms with Gasteiger partial charge in [-0.3, -0.25) is 4.79 Å². The lowest BCUT2D eigenvalue weighted by Crippen LogP contribution is -2.22. The van der Waals surface area contributed by atoms with Crippen molar-refractivity contribution in [2.45, 2.75) is 39.7 Å². The van der Waals surface area contributed by atoms with Crippen molar-refractivity contribution < 1.29 is 14.6 Å². The Labute approximate surface area is 114 Å². The van der Waals surface area contributed by atoms with Gasteiger partial charge in [0.2, 0.25) is 11.8 Å². The van der Waals surface area contributed by atoms with Crippen LogP contribution in [0.4, 0.5) is 5.82 Å². The van der Waals surface area contributed by atoms with E-state index in [0.29, 0.717) is 24.7 Å². The molecule has 106 valence electrons. The van der Waals surface area contributed by atoms with E-state index >= 15 is 0 Å². The molecule has 2 N–H and O–H groups in total. The molecule has 0 aliphatic rings. The fourth-order valence-electron chi connectivity index (χ4n) is 1.24. The smallest absolute Gasteiger partial charge is 0.228 e. The van der Waals surface area contributed by atoms with Gasteiger partial charge in [0.25, 0.3) is 0 Å². The van der Waals surface area contributed by atoms with Crippen LogP contribution < -0.4 is 10.1 Å². The average molecular weight is 266 g/mol. The Morgan fingerprint density at radius 2 is 2.16 bits per heavy atom. The number of nitrogens with one attached hydrogen (secondary N) is 1. The zero-order chi connectivity index (χ0) is 14.5. The highest BCUT2D eigenvalue weighted by molar-refractivity contribution is 5.91. The number of rotatable bonds is 6. The molecule has 0 fully saturated rings. The summed E-state index contributed by atoms with van der Waals surface area (Å²) in [5.41, 5.74) is -0.760. The lowest BCUT2D eigenvalue weighted by Gasteiger charge is -2.16. The van der Waals surface area contributed by atoms with E-state index in [2.05, 4.69) is 10.3 Å². The minimum absolute atomic E-state index is 0.0823. The number of hydrogen-bond donors (Lipinski definition) is 2. The minimum Gasteiger partial charge on any atom is -0.477 e. The van der Waals surface area contributed by atoms with Crippen molar-refractivity contribution in [1.82, 2.24) is 4.98 Å². The molecule has 0 radical (unpaired) electrons. The predicted octanol–water partition coefficient (Wildman–Crippen LogP) is 2.22. The summed E-state index contributed by atoms with van der Waals surface area (Å²) in [6.07, 6.45) is 0.511. The van der Waals surface area contributed by atoms with Crippen molar-refractivity contribution in [2.24, 2.45) is 5.92 Å². The summed E-state index contributed by atoms with van der Waals surface area (Å²) in [5.74, 6) is 0.730. The van der Waals surface area contributed by atoms with Crippen LogP contribution in [0.2, 0.25) is 0 Å². The molecule has 1 rings (SSSR count). The molecule has 0 unspecified atom stereocenters. The van der Waals surface area contributed by atoms with Gasteiger partial charge in [-0.05, 0) is 19.9 Å². The lowest BCUT2D eigenvalue weighted by molar-refractivity contribution is -0.118. The van der Waals surface area contributed by atoms with E-state index < -0.39 is 5.60 Å². The molecular formula is C14H22N2O3. The number of aromatic nitrogens is 1. The Morgan fingerprint density at radius 1 is 1.47 bits per heavy atom. The Hall–Kier alpha value is -1.62. The largest absolute Gasteiger partial charge is 0.477 e. The number of amides is 1. The number of hydrogen-bond acceptors (Lipinski definition) is 4. The lowest BCUT2D eigenvalue weighted by atomic mass is 10.1. The average Bonchev–Trinajstić information content (AvgIpc) is 2.27. The second-order valence-electron chi connectivity index (χ2n) is 5.42. The van der Waals surface area contributed by atoms with Gasteiger partial charge in [0.05, 0.1) is 12.2 Å². The third kappa shape index (κ3) is 6.20. The van der Waals surface area contributed by atoms with Crippen molar-refractivity contribution in [3.63, 3.8) is 0 Å². The van der Waals surface area contributed by atoms with E-state index in [4.69, 9.17) is 4.74 Å². The van der Waals surface area contributed by atoms with E-state index in [0.717, 1.165) is 0 Å². The van der Waals surface area contributed by atoms with Crippen LogP contribution in [0.15, 0.2) is 18.2 Å². The van der Waals surface area contributed by atoms with Crippen molar-refractivity contribution in [2.75, 3.05) is 11.9 Å². The number of nitrogens with zero attached hydrogens (tertiary/aromatic N) is 1. The first kappa shape index (κ1) is 15.4. The normalized spacial score (nSPS) is 11.5. The highest BCUT2D eigenvalue weighted by atomic mass is 16.5. The number of carbonyl (C=O) groups is 1. The first-order valence-corrected chi connectivity index (χ1v) is 6.41. The number of anilines is 1. The summed E-state index contributed by atoms with van der Waals surface area (Å²) in [7, 11) is 0. The van der Waals surface area contributed by atoms with E-state index in [1.807, 2.05) is 13.8 Å². The molecule has 0 bridgehead atoms. The monoisotopic (exact) mass is 266 g/mol. The quantitative estimate of drug-likeness (QED) is 0.828. The summed E-state index contributed by atoms with van der Waals surface area (Å²) in [6.45, 7) is 7.46. The summed E-state index contributed by atoms with van der Waals surface area (Å²) >= 11 is 0. The standard InChI is InChI=1S/C14H22N2O3/c1-10(2)13(17)16-11-6-5-7-12(15-11)19-9-8-14(3,4)18/h5-7,10,18H,8-9H2,1-4H3,(H,15,16,17). The molecule has 5 nitrogen and oxygen atoms in total. The van der Waals surface area contributed by atoms with Gasteiger partial charge in [-0.2, -0.15) is 4.98 Å². The molecule has 1 aromatic rings. The van der Waals surface area contributed by atoms with Crippen molar-refractivity contribution >= 4 is 11.7 Å². The summed E-state index contributed by atoms with van der Waals surface area (Å²) in [5, 5.41) is 12.3. The molecule has 19 heavy (non-hydrogen) atoms. The van der Waals surface area contributed by atoms with Crippen LogP contribution in [0, 0.1) is 5.92 Å². The molecule has 0 spiro atoms. The van der Waals surface area contributed by atoms with Gasteiger partial charge in [-0.25, -0.2) is 0 Å². The Kier molecular flexibility index (Phi) is 5.30. The van der Waals surface area contributed by atoms with Gasteiger partial charge in [-0.15, -0.1) is 0 Å². The molecule has 0 atom stereocenters. The maximum Gasteiger partial charge on any atom is 0.228 e. The predicted molar refractivity (Wildman–Crippen MR) is 74.1 cm³/mol. The number of pyridine rings is 1. The van der Waals surface area contributed by atoms with E-state index in [1.165, 1.54) is 0 Å². The molecule has 0 aliphatic carbocycles. The molecule has 0 aromatic carbocycles. The van der Waals surface area contributed by atoms with Gasteiger partial charge in [0.15, 0.2) is 0 Å². The first-order valence-electron chi connectivity index (χ1n) is 6.41. The molecular weight excluding hydrogens is 244 g/mol. The second-order valence-corrected chi connectivity index (χ2v) is 5.42. The van der Waals surface area contributed by atoms with E-state index in [1.54, 1.807) is 32.0 Å². The van der Waals surface area contributed by atoms with Gasteiger partial charge >= 0.3 is 0 Å². The third-order valence-corrected chi connectivity index (χ3v) is 2.46. The maximum atomic E-state index is 11.5.